The zero-order chi connectivity index (χ0) is 10.7. The molecule has 0 rings (SSSR count). The van der Waals surface area contributed by atoms with Crippen molar-refractivity contribution in [3.05, 3.63) is 0 Å². The summed E-state index contributed by atoms with van der Waals surface area (Å²) in [5, 5.41) is 18.2. The third kappa shape index (κ3) is 4.07. The number of aliphatic hydroxyl groups excluding tert-OH is 2. The van der Waals surface area contributed by atoms with Crippen LogP contribution in [0.15, 0.2) is 0 Å². The molecule has 2 N–H and O–H groups in total. The topological polar surface area (TPSA) is 43.7 Å². The summed E-state index contributed by atoms with van der Waals surface area (Å²) in [5.41, 5.74) is -0.326. The summed E-state index contributed by atoms with van der Waals surface area (Å²) in [6.45, 7) is 9.07. The van der Waals surface area contributed by atoms with Gasteiger partial charge in [-0.1, -0.05) is 13.8 Å². The number of hydrogen-bond acceptors (Lipinski definition) is 3. The maximum atomic E-state index is 9.13. The number of likely N-dealkylation sites (N-methyl/N-ethyl adjacent to an activating group) is 1. The minimum Gasteiger partial charge on any atom is -0.396 e. The van der Waals surface area contributed by atoms with Crippen molar-refractivity contribution in [2.75, 3.05) is 26.8 Å². The van der Waals surface area contributed by atoms with E-state index in [0.717, 1.165) is 6.54 Å². The van der Waals surface area contributed by atoms with Gasteiger partial charge in [0.05, 0.1) is 6.61 Å². The Balaban J connectivity index is 4.22. The first-order chi connectivity index (χ1) is 5.75. The Morgan fingerprint density at radius 1 is 1.00 bits per heavy atom. The maximum Gasteiger partial charge on any atom is 0.0609 e. The lowest BCUT2D eigenvalue weighted by Gasteiger charge is -2.38. The Morgan fingerprint density at radius 3 is 1.77 bits per heavy atom. The monoisotopic (exact) mass is 189 g/mol. The summed E-state index contributed by atoms with van der Waals surface area (Å²) >= 11 is 0. The molecule has 0 saturated carbocycles. The minimum absolute atomic E-state index is 0.110. The number of hydrogen-bond donors (Lipinski definition) is 2. The van der Waals surface area contributed by atoms with Crippen LogP contribution in [-0.4, -0.2) is 47.5 Å². The molecule has 0 aromatic rings. The van der Waals surface area contributed by atoms with Crippen LogP contribution in [0.25, 0.3) is 0 Å². The van der Waals surface area contributed by atoms with Gasteiger partial charge in [-0.15, -0.1) is 0 Å². The van der Waals surface area contributed by atoms with Gasteiger partial charge in [0.25, 0.3) is 0 Å². The number of aliphatic hydroxyl groups is 2. The molecule has 3 nitrogen and oxygen atoms in total. The molecule has 0 heterocycles. The van der Waals surface area contributed by atoms with Crippen LogP contribution in [-0.2, 0) is 0 Å². The van der Waals surface area contributed by atoms with Crippen molar-refractivity contribution in [3.8, 4) is 0 Å². The zero-order valence-corrected chi connectivity index (χ0v) is 9.46. The summed E-state index contributed by atoms with van der Waals surface area (Å²) in [4.78, 5) is 2.07. The lowest BCUT2D eigenvalue weighted by atomic mass is 9.92. The zero-order valence-electron chi connectivity index (χ0n) is 9.46. The second kappa shape index (κ2) is 4.40. The van der Waals surface area contributed by atoms with Gasteiger partial charge in [-0.25, -0.2) is 0 Å². The highest BCUT2D eigenvalue weighted by molar-refractivity contribution is 4.82. The molecule has 0 saturated heterocycles. The van der Waals surface area contributed by atoms with Crippen LogP contribution in [0.4, 0.5) is 0 Å². The van der Waals surface area contributed by atoms with Gasteiger partial charge in [0.1, 0.15) is 0 Å². The molecular formula is C10H23NO2. The van der Waals surface area contributed by atoms with Gasteiger partial charge in [0.2, 0.25) is 0 Å². The molecule has 0 amide bonds. The number of rotatable bonds is 5. The van der Waals surface area contributed by atoms with Crippen LogP contribution in [0.5, 0.6) is 0 Å². The molecule has 0 aliphatic carbocycles. The summed E-state index contributed by atoms with van der Waals surface area (Å²) in [6.07, 6.45) is 0. The average Bonchev–Trinajstić information content (AvgIpc) is 2.04. The first-order valence-corrected chi connectivity index (χ1v) is 4.68. The second-order valence-corrected chi connectivity index (χ2v) is 5.15. The van der Waals surface area contributed by atoms with Crippen LogP contribution >= 0.6 is 0 Å². The molecule has 0 aliphatic heterocycles. The average molecular weight is 189 g/mol. The van der Waals surface area contributed by atoms with E-state index in [0.29, 0.717) is 0 Å². The van der Waals surface area contributed by atoms with Crippen molar-refractivity contribution in [3.63, 3.8) is 0 Å². The summed E-state index contributed by atoms with van der Waals surface area (Å²) < 4.78 is 0. The summed E-state index contributed by atoms with van der Waals surface area (Å²) in [6, 6.07) is 0. The van der Waals surface area contributed by atoms with Gasteiger partial charge >= 0.3 is 0 Å². The van der Waals surface area contributed by atoms with Gasteiger partial charge in [0, 0.05) is 24.1 Å². The highest BCUT2D eigenvalue weighted by atomic mass is 16.3. The molecule has 13 heavy (non-hydrogen) atoms. The van der Waals surface area contributed by atoms with Gasteiger partial charge < -0.3 is 10.2 Å². The van der Waals surface area contributed by atoms with Crippen molar-refractivity contribution >= 4 is 0 Å². The van der Waals surface area contributed by atoms with Crippen molar-refractivity contribution in [2.24, 2.45) is 5.41 Å². The quantitative estimate of drug-likeness (QED) is 0.669. The van der Waals surface area contributed by atoms with Gasteiger partial charge in [-0.3, -0.25) is 4.90 Å². The molecule has 0 aromatic carbocycles. The maximum absolute atomic E-state index is 9.13. The third-order valence-corrected chi connectivity index (χ3v) is 2.51. The Morgan fingerprint density at radius 2 is 1.46 bits per heavy atom. The molecule has 0 aliphatic rings. The Kier molecular flexibility index (Phi) is 4.36. The standard InChI is InChI=1S/C10H23NO2/c1-9(2,7-12)6-11(5)10(3,4)8-13/h12-13H,6-8H2,1-5H3. The van der Waals surface area contributed by atoms with Crippen LogP contribution in [0, 0.1) is 5.41 Å². The van der Waals surface area contributed by atoms with Gasteiger partial charge in [0.15, 0.2) is 0 Å². The highest BCUT2D eigenvalue weighted by Gasteiger charge is 2.27. The van der Waals surface area contributed by atoms with E-state index in [9.17, 15) is 0 Å². The molecule has 0 unspecified atom stereocenters. The van der Waals surface area contributed by atoms with E-state index < -0.39 is 0 Å². The molecular weight excluding hydrogens is 166 g/mol. The van der Waals surface area contributed by atoms with Gasteiger partial charge in [-0.2, -0.15) is 0 Å². The van der Waals surface area contributed by atoms with E-state index in [4.69, 9.17) is 10.2 Å². The van der Waals surface area contributed by atoms with E-state index in [-0.39, 0.29) is 24.2 Å². The normalized spacial score (nSPS) is 13.8. The van der Waals surface area contributed by atoms with Crippen LogP contribution in [0.1, 0.15) is 27.7 Å². The lowest BCUT2D eigenvalue weighted by molar-refractivity contribution is 0.0309. The highest BCUT2D eigenvalue weighted by Crippen LogP contribution is 2.20. The smallest absolute Gasteiger partial charge is 0.0609 e. The fourth-order valence-electron chi connectivity index (χ4n) is 1.03. The molecule has 0 atom stereocenters. The minimum atomic E-state index is -0.216. The molecule has 0 fully saturated rings. The first kappa shape index (κ1) is 12.9. The second-order valence-electron chi connectivity index (χ2n) is 5.15. The SMILES string of the molecule is CN(CC(C)(C)CO)C(C)(C)CO. The molecule has 80 valence electrons. The van der Waals surface area contributed by atoms with Gasteiger partial charge in [-0.05, 0) is 20.9 Å². The van der Waals surface area contributed by atoms with Crippen molar-refractivity contribution in [1.82, 2.24) is 4.90 Å². The molecule has 3 heteroatoms. The van der Waals surface area contributed by atoms with E-state index in [1.165, 1.54) is 0 Å². The first-order valence-electron chi connectivity index (χ1n) is 4.68. The summed E-state index contributed by atoms with van der Waals surface area (Å²) in [7, 11) is 1.97. The van der Waals surface area contributed by atoms with Crippen LogP contribution in [0.2, 0.25) is 0 Å². The van der Waals surface area contributed by atoms with Crippen LogP contribution < -0.4 is 0 Å². The lowest BCUT2D eigenvalue weighted by Crippen LogP contribution is -2.48. The van der Waals surface area contributed by atoms with E-state index >= 15 is 0 Å². The van der Waals surface area contributed by atoms with E-state index in [1.54, 1.807) is 0 Å². The third-order valence-electron chi connectivity index (χ3n) is 2.51. The summed E-state index contributed by atoms with van der Waals surface area (Å²) in [5.74, 6) is 0. The van der Waals surface area contributed by atoms with Crippen molar-refractivity contribution in [1.29, 1.82) is 0 Å². The Bertz CT molecular complexity index is 155. The van der Waals surface area contributed by atoms with Crippen molar-refractivity contribution in [2.45, 2.75) is 33.2 Å². The Labute approximate surface area is 81.4 Å². The largest absolute Gasteiger partial charge is 0.396 e. The predicted molar refractivity (Wildman–Crippen MR) is 54.7 cm³/mol. The number of nitrogens with zero attached hydrogens (tertiary/aromatic N) is 1. The molecule has 0 bridgehead atoms. The van der Waals surface area contributed by atoms with Crippen LogP contribution in [0.3, 0.4) is 0 Å². The molecule has 0 radical (unpaired) electrons. The van der Waals surface area contributed by atoms with E-state index in [2.05, 4.69) is 4.90 Å². The molecule has 0 spiro atoms. The Hall–Kier alpha value is -0.120. The van der Waals surface area contributed by atoms with Crippen molar-refractivity contribution < 1.29 is 10.2 Å². The fraction of sp³-hybridized carbons (Fsp3) is 1.00. The molecule has 0 aromatic heterocycles. The van der Waals surface area contributed by atoms with E-state index in [1.807, 2.05) is 34.7 Å². The fourth-order valence-corrected chi connectivity index (χ4v) is 1.03. The predicted octanol–water partition coefficient (Wildman–Crippen LogP) is 0.708.